The molecule has 0 aliphatic carbocycles. The highest BCUT2D eigenvalue weighted by molar-refractivity contribution is 5.80. The Morgan fingerprint density at radius 1 is 1.39 bits per heavy atom. The van der Waals surface area contributed by atoms with Gasteiger partial charge >= 0.3 is 0 Å². The van der Waals surface area contributed by atoms with Gasteiger partial charge in [-0.3, -0.25) is 4.99 Å². The number of nitrogens with zero attached hydrogens (tertiary/aromatic N) is 1. The van der Waals surface area contributed by atoms with Gasteiger partial charge in [-0.25, -0.2) is 9.78 Å². The number of hydrogen-bond acceptors (Lipinski definition) is 5. The molecule has 2 atom stereocenters. The average molecular weight is 257 g/mol. The second-order valence-corrected chi connectivity index (χ2v) is 4.90. The first-order valence-corrected chi connectivity index (χ1v) is 7.04. The lowest BCUT2D eigenvalue weighted by atomic mass is 10.0. The van der Waals surface area contributed by atoms with Crippen molar-refractivity contribution in [3.63, 3.8) is 0 Å². The van der Waals surface area contributed by atoms with E-state index in [1.807, 2.05) is 6.92 Å². The Hall–Kier alpha value is -0.650. The Kier molecular flexibility index (Phi) is 7.96. The van der Waals surface area contributed by atoms with Gasteiger partial charge in [-0.15, -0.1) is 0 Å². The van der Waals surface area contributed by atoms with Crippen LogP contribution in [-0.2, 0) is 9.78 Å². The SMILES string of the molecule is CCOOCC(N)CCCC1CCCCC(N)=N1. The molecule has 0 saturated heterocycles. The molecular weight excluding hydrogens is 230 g/mol. The predicted octanol–water partition coefficient (Wildman–Crippen LogP) is 1.75. The van der Waals surface area contributed by atoms with E-state index in [4.69, 9.17) is 21.2 Å². The predicted molar refractivity (Wildman–Crippen MR) is 73.3 cm³/mol. The topological polar surface area (TPSA) is 82.9 Å². The summed E-state index contributed by atoms with van der Waals surface area (Å²) < 4.78 is 0. The third kappa shape index (κ3) is 6.93. The van der Waals surface area contributed by atoms with E-state index in [-0.39, 0.29) is 6.04 Å². The molecule has 0 amide bonds. The highest BCUT2D eigenvalue weighted by atomic mass is 17.2. The maximum absolute atomic E-state index is 5.92. The second kappa shape index (κ2) is 9.30. The molecule has 5 nitrogen and oxygen atoms in total. The summed E-state index contributed by atoms with van der Waals surface area (Å²) in [6, 6.07) is 0.441. The van der Waals surface area contributed by atoms with Crippen LogP contribution in [0, 0.1) is 0 Å². The maximum atomic E-state index is 5.92. The van der Waals surface area contributed by atoms with E-state index < -0.39 is 0 Å². The summed E-state index contributed by atoms with van der Waals surface area (Å²) in [5.41, 5.74) is 11.7. The van der Waals surface area contributed by atoms with Crippen LogP contribution in [0.3, 0.4) is 0 Å². The van der Waals surface area contributed by atoms with Crippen LogP contribution in [0.25, 0.3) is 0 Å². The molecule has 1 heterocycles. The monoisotopic (exact) mass is 257 g/mol. The summed E-state index contributed by atoms with van der Waals surface area (Å²) in [5.74, 6) is 0.821. The second-order valence-electron chi connectivity index (χ2n) is 4.90. The van der Waals surface area contributed by atoms with E-state index in [1.165, 1.54) is 12.8 Å². The number of aliphatic imine (C=N–C) groups is 1. The van der Waals surface area contributed by atoms with Crippen molar-refractivity contribution in [3.05, 3.63) is 0 Å². The number of amidine groups is 1. The Labute approximate surface area is 110 Å². The molecule has 0 radical (unpaired) electrons. The smallest absolute Gasteiger partial charge is 0.0973 e. The molecule has 0 aromatic heterocycles. The molecule has 5 heteroatoms. The fourth-order valence-corrected chi connectivity index (χ4v) is 2.18. The Balaban J connectivity index is 2.10. The van der Waals surface area contributed by atoms with E-state index in [2.05, 4.69) is 4.99 Å². The van der Waals surface area contributed by atoms with Gasteiger partial charge < -0.3 is 11.5 Å². The molecular formula is C13H27N3O2. The van der Waals surface area contributed by atoms with Gasteiger partial charge in [-0.05, 0) is 39.0 Å². The first-order chi connectivity index (χ1) is 8.72. The van der Waals surface area contributed by atoms with Crippen LogP contribution in [0.15, 0.2) is 4.99 Å². The Morgan fingerprint density at radius 2 is 2.22 bits per heavy atom. The normalized spacial score (nSPS) is 22.3. The van der Waals surface area contributed by atoms with Gasteiger partial charge in [-0.2, -0.15) is 0 Å². The molecule has 0 spiro atoms. The van der Waals surface area contributed by atoms with Gasteiger partial charge in [0.15, 0.2) is 0 Å². The zero-order valence-electron chi connectivity index (χ0n) is 11.4. The van der Waals surface area contributed by atoms with Gasteiger partial charge in [0.05, 0.1) is 25.1 Å². The molecule has 0 fully saturated rings. The fraction of sp³-hybridized carbons (Fsp3) is 0.923. The molecule has 0 bridgehead atoms. The van der Waals surface area contributed by atoms with Crippen LogP contribution in [0.1, 0.15) is 51.9 Å². The first kappa shape index (κ1) is 15.4. The molecule has 4 N–H and O–H groups in total. The van der Waals surface area contributed by atoms with Gasteiger partial charge in [0.1, 0.15) is 0 Å². The van der Waals surface area contributed by atoms with Crippen molar-refractivity contribution in [3.8, 4) is 0 Å². The van der Waals surface area contributed by atoms with E-state index in [0.29, 0.717) is 19.3 Å². The lowest BCUT2D eigenvalue weighted by Gasteiger charge is -2.13. The molecule has 18 heavy (non-hydrogen) atoms. The summed E-state index contributed by atoms with van der Waals surface area (Å²) >= 11 is 0. The number of hydrogen-bond donors (Lipinski definition) is 2. The van der Waals surface area contributed by atoms with Crippen molar-refractivity contribution in [2.75, 3.05) is 13.2 Å². The third-order valence-corrected chi connectivity index (χ3v) is 3.16. The van der Waals surface area contributed by atoms with Crippen LogP contribution in [0.5, 0.6) is 0 Å². The average Bonchev–Trinajstić information content (AvgIpc) is 2.54. The largest absolute Gasteiger partial charge is 0.387 e. The molecule has 1 aliphatic heterocycles. The highest BCUT2D eigenvalue weighted by Gasteiger charge is 2.12. The fourth-order valence-electron chi connectivity index (χ4n) is 2.18. The zero-order valence-corrected chi connectivity index (χ0v) is 11.4. The van der Waals surface area contributed by atoms with Crippen molar-refractivity contribution < 1.29 is 9.78 Å². The summed E-state index contributed by atoms with van der Waals surface area (Å²) in [6.45, 7) is 2.91. The minimum Gasteiger partial charge on any atom is -0.387 e. The lowest BCUT2D eigenvalue weighted by Crippen LogP contribution is -2.26. The van der Waals surface area contributed by atoms with E-state index in [9.17, 15) is 0 Å². The van der Waals surface area contributed by atoms with E-state index in [0.717, 1.165) is 37.9 Å². The minimum absolute atomic E-state index is 0.0451. The van der Waals surface area contributed by atoms with Crippen LogP contribution in [-0.4, -0.2) is 31.1 Å². The first-order valence-electron chi connectivity index (χ1n) is 7.04. The van der Waals surface area contributed by atoms with Gasteiger partial charge in [0, 0.05) is 12.5 Å². The van der Waals surface area contributed by atoms with Crippen molar-refractivity contribution in [1.29, 1.82) is 0 Å². The Bertz CT molecular complexity index is 246. The van der Waals surface area contributed by atoms with Gasteiger partial charge in [0.25, 0.3) is 0 Å². The molecule has 2 unspecified atom stereocenters. The van der Waals surface area contributed by atoms with Gasteiger partial charge in [-0.1, -0.05) is 6.42 Å². The Morgan fingerprint density at radius 3 is 3.00 bits per heavy atom. The molecule has 106 valence electrons. The van der Waals surface area contributed by atoms with Crippen molar-refractivity contribution in [1.82, 2.24) is 0 Å². The minimum atomic E-state index is 0.0451. The molecule has 0 aromatic carbocycles. The number of rotatable bonds is 8. The third-order valence-electron chi connectivity index (χ3n) is 3.16. The molecule has 0 saturated carbocycles. The standard InChI is InChI=1S/C13H27N3O2/c1-2-17-18-10-11(14)6-5-8-12-7-3-4-9-13(15)16-12/h11-12H,2-10,14H2,1H3,(H2,15,16). The van der Waals surface area contributed by atoms with Crippen molar-refractivity contribution >= 4 is 5.84 Å². The van der Waals surface area contributed by atoms with Crippen LogP contribution in [0.4, 0.5) is 0 Å². The van der Waals surface area contributed by atoms with Crippen LogP contribution in [0.2, 0.25) is 0 Å². The number of nitrogens with two attached hydrogens (primary N) is 2. The van der Waals surface area contributed by atoms with Crippen LogP contribution < -0.4 is 11.5 Å². The lowest BCUT2D eigenvalue weighted by molar-refractivity contribution is -0.293. The molecule has 1 aliphatic rings. The van der Waals surface area contributed by atoms with E-state index in [1.54, 1.807) is 0 Å². The summed E-state index contributed by atoms with van der Waals surface area (Å²) in [7, 11) is 0. The summed E-state index contributed by atoms with van der Waals surface area (Å²) in [5, 5.41) is 0. The quantitative estimate of drug-likeness (QED) is 0.394. The zero-order chi connectivity index (χ0) is 13.2. The maximum Gasteiger partial charge on any atom is 0.0973 e. The van der Waals surface area contributed by atoms with Gasteiger partial charge in [0.2, 0.25) is 0 Å². The van der Waals surface area contributed by atoms with E-state index >= 15 is 0 Å². The van der Waals surface area contributed by atoms with Crippen LogP contribution >= 0.6 is 0 Å². The molecule has 0 aromatic rings. The summed E-state index contributed by atoms with van der Waals surface area (Å²) in [4.78, 5) is 14.3. The van der Waals surface area contributed by atoms with Crippen molar-refractivity contribution in [2.24, 2.45) is 16.5 Å². The summed E-state index contributed by atoms with van der Waals surface area (Å²) in [6.07, 6.45) is 7.60. The van der Waals surface area contributed by atoms with Crippen molar-refractivity contribution in [2.45, 2.75) is 64.0 Å². The highest BCUT2D eigenvalue weighted by Crippen LogP contribution is 2.17. The molecule has 1 rings (SSSR count).